The summed E-state index contributed by atoms with van der Waals surface area (Å²) in [6, 6.07) is 8.99. The van der Waals surface area contributed by atoms with Gasteiger partial charge in [0.15, 0.2) is 0 Å². The van der Waals surface area contributed by atoms with Gasteiger partial charge in [0, 0.05) is 10.6 Å². The van der Waals surface area contributed by atoms with Crippen LogP contribution in [0.1, 0.15) is 0 Å². The Morgan fingerprint density at radius 1 is 1.24 bits per heavy atom. The van der Waals surface area contributed by atoms with Crippen LogP contribution in [0.15, 0.2) is 46.4 Å². The second kappa shape index (κ2) is 4.06. The molecule has 0 spiro atoms. The van der Waals surface area contributed by atoms with E-state index in [0.717, 1.165) is 0 Å². The Hall–Kier alpha value is -2.08. The number of benzene rings is 2. The van der Waals surface area contributed by atoms with Crippen LogP contribution in [0, 0.1) is 0 Å². The minimum atomic E-state index is -4.22. The zero-order valence-corrected chi connectivity index (χ0v) is 9.29. The maximum absolute atomic E-state index is 11.0. The molecule has 0 heterocycles. The fourth-order valence-electron chi connectivity index (χ4n) is 1.54. The molecule has 2 aromatic rings. The van der Waals surface area contributed by atoms with Crippen LogP contribution in [-0.2, 0) is 10.1 Å². The van der Waals surface area contributed by atoms with E-state index in [2.05, 4.69) is 10.0 Å². The molecule has 0 aliphatic heterocycles. The first-order valence-corrected chi connectivity index (χ1v) is 6.02. The van der Waals surface area contributed by atoms with Gasteiger partial charge in [-0.1, -0.05) is 29.4 Å². The largest absolute Gasteiger partial charge is 0.294 e. The molecule has 17 heavy (non-hydrogen) atoms. The maximum atomic E-state index is 11.0. The van der Waals surface area contributed by atoms with Crippen molar-refractivity contribution in [3.8, 4) is 0 Å². The molecule has 1 N–H and O–H groups in total. The van der Waals surface area contributed by atoms with Gasteiger partial charge in [0.05, 0.1) is 4.90 Å². The van der Waals surface area contributed by atoms with Crippen molar-refractivity contribution < 1.29 is 13.0 Å². The fraction of sp³-hybridized carbons (Fsp3) is 0. The summed E-state index contributed by atoms with van der Waals surface area (Å²) >= 11 is 0. The van der Waals surface area contributed by atoms with Gasteiger partial charge in [-0.2, -0.15) is 8.42 Å². The highest BCUT2D eigenvalue weighted by Crippen LogP contribution is 2.27. The maximum Gasteiger partial charge on any atom is 0.294 e. The van der Waals surface area contributed by atoms with Gasteiger partial charge in [0.1, 0.15) is 0 Å². The van der Waals surface area contributed by atoms with E-state index in [-0.39, 0.29) is 4.90 Å². The molecule has 0 fully saturated rings. The molecule has 0 saturated carbocycles. The molecule has 0 saturated heterocycles. The summed E-state index contributed by atoms with van der Waals surface area (Å²) in [6.07, 6.45) is 0. The van der Waals surface area contributed by atoms with E-state index in [9.17, 15) is 8.42 Å². The van der Waals surface area contributed by atoms with Gasteiger partial charge in [0.25, 0.3) is 10.1 Å². The number of azide groups is 1. The van der Waals surface area contributed by atoms with E-state index in [4.69, 9.17) is 10.1 Å². The normalized spacial score (nSPS) is 11.1. The Morgan fingerprint density at radius 2 is 2.00 bits per heavy atom. The topological polar surface area (TPSA) is 103 Å². The van der Waals surface area contributed by atoms with Crippen molar-refractivity contribution in [3.05, 3.63) is 46.8 Å². The number of rotatable bonds is 2. The van der Waals surface area contributed by atoms with Crippen molar-refractivity contribution in [2.24, 2.45) is 5.11 Å². The van der Waals surface area contributed by atoms with E-state index >= 15 is 0 Å². The average Bonchev–Trinajstić information content (AvgIpc) is 2.28. The molecule has 0 unspecified atom stereocenters. The van der Waals surface area contributed by atoms with Gasteiger partial charge in [-0.05, 0) is 28.4 Å². The number of hydrogen-bond acceptors (Lipinski definition) is 3. The second-order valence-corrected chi connectivity index (χ2v) is 4.75. The smallest absolute Gasteiger partial charge is 0.282 e. The molecule has 2 aromatic carbocycles. The molecule has 6 nitrogen and oxygen atoms in total. The highest BCUT2D eigenvalue weighted by molar-refractivity contribution is 7.85. The van der Waals surface area contributed by atoms with Crippen molar-refractivity contribution in [1.29, 1.82) is 0 Å². The van der Waals surface area contributed by atoms with Crippen LogP contribution in [0.4, 0.5) is 5.69 Å². The molecule has 0 aromatic heterocycles. The number of nitrogens with zero attached hydrogens (tertiary/aromatic N) is 3. The quantitative estimate of drug-likeness (QED) is 0.383. The summed E-state index contributed by atoms with van der Waals surface area (Å²) < 4.78 is 30.8. The monoisotopic (exact) mass is 249 g/mol. The van der Waals surface area contributed by atoms with Crippen LogP contribution in [-0.4, -0.2) is 13.0 Å². The van der Waals surface area contributed by atoms with E-state index in [1.54, 1.807) is 18.2 Å². The van der Waals surface area contributed by atoms with Crippen LogP contribution in [0.25, 0.3) is 21.2 Å². The first-order valence-electron chi connectivity index (χ1n) is 4.58. The summed E-state index contributed by atoms with van der Waals surface area (Å²) in [4.78, 5) is 2.49. The van der Waals surface area contributed by atoms with Gasteiger partial charge in [0.2, 0.25) is 0 Å². The Labute approximate surface area is 96.9 Å². The minimum absolute atomic E-state index is 0.192. The molecule has 0 amide bonds. The van der Waals surface area contributed by atoms with Gasteiger partial charge >= 0.3 is 0 Å². The predicted octanol–water partition coefficient (Wildman–Crippen LogP) is 3.03. The summed E-state index contributed by atoms with van der Waals surface area (Å²) in [5.41, 5.74) is 8.79. The van der Waals surface area contributed by atoms with Crippen molar-refractivity contribution in [2.45, 2.75) is 4.90 Å². The molecule has 0 atom stereocenters. The first kappa shape index (κ1) is 11.4. The molecular formula is C10H7N3O3S. The van der Waals surface area contributed by atoms with Crippen molar-refractivity contribution in [3.63, 3.8) is 0 Å². The molecular weight excluding hydrogens is 242 g/mol. The second-order valence-electron chi connectivity index (χ2n) is 3.32. The fourth-order valence-corrected chi connectivity index (χ4v) is 2.06. The Balaban J connectivity index is 2.77. The van der Waals surface area contributed by atoms with Gasteiger partial charge in [-0.15, -0.1) is 0 Å². The molecule has 7 heteroatoms. The minimum Gasteiger partial charge on any atom is -0.282 e. The highest BCUT2D eigenvalue weighted by atomic mass is 32.2. The predicted molar refractivity (Wildman–Crippen MR) is 62.6 cm³/mol. The molecule has 0 aliphatic rings. The van der Waals surface area contributed by atoms with E-state index in [1.165, 1.54) is 18.2 Å². The Bertz CT molecular complexity index is 734. The Morgan fingerprint density at radius 3 is 2.65 bits per heavy atom. The third-order valence-corrected chi connectivity index (χ3v) is 3.13. The third kappa shape index (κ3) is 2.21. The zero-order chi connectivity index (χ0) is 12.5. The van der Waals surface area contributed by atoms with Crippen molar-refractivity contribution in [2.75, 3.05) is 0 Å². The summed E-state index contributed by atoms with van der Waals surface area (Å²) in [7, 11) is -4.22. The lowest BCUT2D eigenvalue weighted by Gasteiger charge is -2.03. The molecule has 0 aliphatic carbocycles. The molecule has 86 valence electrons. The van der Waals surface area contributed by atoms with Gasteiger partial charge in [-0.25, -0.2) is 0 Å². The van der Waals surface area contributed by atoms with E-state index in [0.29, 0.717) is 16.5 Å². The SMILES string of the molecule is [N-]=[N+]=Nc1cccc2cc(S(=O)(=O)O)ccc12. The summed E-state index contributed by atoms with van der Waals surface area (Å²) in [5, 5.41) is 4.69. The van der Waals surface area contributed by atoms with Gasteiger partial charge < -0.3 is 0 Å². The highest BCUT2D eigenvalue weighted by Gasteiger charge is 2.10. The van der Waals surface area contributed by atoms with Crippen LogP contribution in [0.2, 0.25) is 0 Å². The van der Waals surface area contributed by atoms with Crippen LogP contribution >= 0.6 is 0 Å². The number of hydrogen-bond donors (Lipinski definition) is 1. The van der Waals surface area contributed by atoms with Crippen LogP contribution < -0.4 is 0 Å². The van der Waals surface area contributed by atoms with Crippen LogP contribution in [0.3, 0.4) is 0 Å². The lowest BCUT2D eigenvalue weighted by Crippen LogP contribution is -1.97. The average molecular weight is 249 g/mol. The van der Waals surface area contributed by atoms with Gasteiger partial charge in [-0.3, -0.25) is 4.55 Å². The van der Waals surface area contributed by atoms with E-state index in [1.807, 2.05) is 0 Å². The van der Waals surface area contributed by atoms with Crippen molar-refractivity contribution >= 4 is 26.6 Å². The molecule has 2 rings (SSSR count). The van der Waals surface area contributed by atoms with Crippen LogP contribution in [0.5, 0.6) is 0 Å². The lowest BCUT2D eigenvalue weighted by atomic mass is 10.1. The number of fused-ring (bicyclic) bond motifs is 1. The van der Waals surface area contributed by atoms with E-state index < -0.39 is 10.1 Å². The zero-order valence-electron chi connectivity index (χ0n) is 8.48. The summed E-state index contributed by atoms with van der Waals surface area (Å²) in [6.45, 7) is 0. The standard InChI is InChI=1S/C10H7N3O3S/c11-13-12-10-3-1-2-7-6-8(17(14,15)16)4-5-9(7)10/h1-6H,(H,14,15,16). The Kier molecular flexibility index (Phi) is 2.72. The third-order valence-electron chi connectivity index (χ3n) is 2.28. The van der Waals surface area contributed by atoms with Crippen molar-refractivity contribution in [1.82, 2.24) is 0 Å². The molecule has 0 radical (unpaired) electrons. The summed E-state index contributed by atoms with van der Waals surface area (Å²) in [5.74, 6) is 0. The lowest BCUT2D eigenvalue weighted by molar-refractivity contribution is 0.483. The molecule has 0 bridgehead atoms. The first-order chi connectivity index (χ1) is 8.02.